The highest BCUT2D eigenvalue weighted by atomic mass is 16.4. The normalized spacial score (nSPS) is 12.5. The molecule has 0 radical (unpaired) electrons. The number of aromatic nitrogens is 3. The molecule has 0 saturated heterocycles. The number of carboxylic acids is 1. The van der Waals surface area contributed by atoms with Gasteiger partial charge in [-0.1, -0.05) is 5.21 Å². The second kappa shape index (κ2) is 4.44. The van der Waals surface area contributed by atoms with Crippen LogP contribution in [0, 0.1) is 0 Å². The molecule has 0 aliphatic heterocycles. The van der Waals surface area contributed by atoms with Gasteiger partial charge in [-0.15, -0.1) is 5.10 Å². The molecule has 7 nitrogen and oxygen atoms in total. The van der Waals surface area contributed by atoms with Crippen LogP contribution in [-0.4, -0.2) is 32.0 Å². The Bertz CT molecular complexity index is 620. The van der Waals surface area contributed by atoms with Crippen LogP contribution in [0.2, 0.25) is 0 Å². The number of carbonyl (C=O) groups is 2. The Balaban J connectivity index is 2.42. The highest BCUT2D eigenvalue weighted by molar-refractivity contribution is 5.92. The number of carboxylic acid groups (broad SMARTS) is 1. The maximum Gasteiger partial charge on any atom is 0.335 e. The van der Waals surface area contributed by atoms with E-state index in [9.17, 15) is 9.59 Å². The van der Waals surface area contributed by atoms with E-state index >= 15 is 0 Å². The van der Waals surface area contributed by atoms with Crippen LogP contribution in [0.3, 0.4) is 0 Å². The zero-order chi connectivity index (χ0) is 13.3. The van der Waals surface area contributed by atoms with E-state index in [1.54, 1.807) is 17.7 Å². The molecule has 1 atom stereocenters. The second-order valence-electron chi connectivity index (χ2n) is 4.06. The van der Waals surface area contributed by atoms with Gasteiger partial charge < -0.3 is 10.8 Å². The zero-order valence-corrected chi connectivity index (χ0v) is 9.70. The van der Waals surface area contributed by atoms with E-state index in [-0.39, 0.29) is 18.0 Å². The lowest BCUT2D eigenvalue weighted by Gasteiger charge is -2.09. The molecule has 0 spiro atoms. The van der Waals surface area contributed by atoms with Crippen molar-refractivity contribution < 1.29 is 14.7 Å². The minimum atomic E-state index is -1.02. The summed E-state index contributed by atoms with van der Waals surface area (Å²) in [6, 6.07) is 4.32. The van der Waals surface area contributed by atoms with Gasteiger partial charge in [0, 0.05) is 6.42 Å². The molecule has 1 amide bonds. The fourth-order valence-corrected chi connectivity index (χ4v) is 1.78. The van der Waals surface area contributed by atoms with Crippen molar-refractivity contribution in [3.8, 4) is 0 Å². The molecule has 0 bridgehead atoms. The summed E-state index contributed by atoms with van der Waals surface area (Å²) >= 11 is 0. The van der Waals surface area contributed by atoms with Gasteiger partial charge in [0.1, 0.15) is 5.52 Å². The van der Waals surface area contributed by atoms with Crippen molar-refractivity contribution in [2.24, 2.45) is 5.73 Å². The standard InChI is InChI=1S/C11H12N4O3/c1-6(4-10(12)16)15-9-3-2-7(11(17)18)5-8(9)13-14-15/h2-3,5-6H,4H2,1H3,(H2,12,16)(H,17,18). The van der Waals surface area contributed by atoms with Crippen molar-refractivity contribution in [1.29, 1.82) is 0 Å². The summed E-state index contributed by atoms with van der Waals surface area (Å²) in [5.74, 6) is -1.44. The van der Waals surface area contributed by atoms with Crippen molar-refractivity contribution in [3.63, 3.8) is 0 Å². The van der Waals surface area contributed by atoms with Crippen molar-refractivity contribution >= 4 is 22.9 Å². The first kappa shape index (κ1) is 12.0. The average Bonchev–Trinajstić information content (AvgIpc) is 2.70. The Morgan fingerprint density at radius 2 is 2.22 bits per heavy atom. The summed E-state index contributed by atoms with van der Waals surface area (Å²) in [6.07, 6.45) is 0.152. The molecule has 1 aromatic heterocycles. The number of nitrogens with zero attached hydrogens (tertiary/aromatic N) is 3. The first-order chi connectivity index (χ1) is 8.49. The van der Waals surface area contributed by atoms with Gasteiger partial charge in [-0.05, 0) is 25.1 Å². The van der Waals surface area contributed by atoms with E-state index in [0.717, 1.165) is 0 Å². The molecule has 3 N–H and O–H groups in total. The van der Waals surface area contributed by atoms with Gasteiger partial charge in [-0.3, -0.25) is 4.79 Å². The predicted octanol–water partition coefficient (Wildman–Crippen LogP) is 0.566. The summed E-state index contributed by atoms with van der Waals surface area (Å²) in [5, 5.41) is 16.7. The maximum absolute atomic E-state index is 10.9. The molecule has 0 aliphatic carbocycles. The maximum atomic E-state index is 10.9. The van der Waals surface area contributed by atoms with E-state index in [1.165, 1.54) is 12.1 Å². The van der Waals surface area contributed by atoms with Crippen LogP contribution in [0.25, 0.3) is 11.0 Å². The monoisotopic (exact) mass is 248 g/mol. The van der Waals surface area contributed by atoms with Gasteiger partial charge >= 0.3 is 5.97 Å². The Labute approximate surface area is 102 Å². The Morgan fingerprint density at radius 3 is 2.83 bits per heavy atom. The fourth-order valence-electron chi connectivity index (χ4n) is 1.78. The lowest BCUT2D eigenvalue weighted by Crippen LogP contribution is -2.18. The number of hydrogen-bond acceptors (Lipinski definition) is 4. The molecule has 2 rings (SSSR count). The van der Waals surface area contributed by atoms with Crippen LogP contribution in [0.15, 0.2) is 18.2 Å². The Kier molecular flexibility index (Phi) is 2.97. The van der Waals surface area contributed by atoms with Crippen molar-refractivity contribution in [3.05, 3.63) is 23.8 Å². The number of hydrogen-bond donors (Lipinski definition) is 2. The number of nitrogens with two attached hydrogens (primary N) is 1. The van der Waals surface area contributed by atoms with Crippen LogP contribution in [0.5, 0.6) is 0 Å². The number of fused-ring (bicyclic) bond motifs is 1. The van der Waals surface area contributed by atoms with Crippen LogP contribution in [0.1, 0.15) is 29.7 Å². The summed E-state index contributed by atoms with van der Waals surface area (Å²) in [7, 11) is 0. The third-order valence-corrected chi connectivity index (χ3v) is 2.63. The first-order valence-electron chi connectivity index (χ1n) is 5.35. The number of carbonyl (C=O) groups excluding carboxylic acids is 1. The molecule has 0 aliphatic rings. The molecule has 1 aromatic carbocycles. The van der Waals surface area contributed by atoms with Crippen LogP contribution < -0.4 is 5.73 Å². The minimum Gasteiger partial charge on any atom is -0.478 e. The molecular formula is C11H12N4O3. The van der Waals surface area contributed by atoms with Gasteiger partial charge in [0.05, 0.1) is 17.1 Å². The van der Waals surface area contributed by atoms with E-state index in [1.807, 2.05) is 0 Å². The number of rotatable bonds is 4. The quantitative estimate of drug-likeness (QED) is 0.821. The molecule has 1 unspecified atom stereocenters. The van der Waals surface area contributed by atoms with Crippen molar-refractivity contribution in [1.82, 2.24) is 15.0 Å². The fraction of sp³-hybridized carbons (Fsp3) is 0.273. The van der Waals surface area contributed by atoms with Gasteiger partial charge in [-0.2, -0.15) is 0 Å². The zero-order valence-electron chi connectivity index (χ0n) is 9.70. The molecule has 1 heterocycles. The van der Waals surface area contributed by atoms with E-state index in [0.29, 0.717) is 11.0 Å². The number of aromatic carboxylic acids is 1. The van der Waals surface area contributed by atoms with Gasteiger partial charge in [0.2, 0.25) is 5.91 Å². The van der Waals surface area contributed by atoms with Gasteiger partial charge in [0.15, 0.2) is 0 Å². The van der Waals surface area contributed by atoms with E-state index in [2.05, 4.69) is 10.3 Å². The van der Waals surface area contributed by atoms with E-state index < -0.39 is 11.9 Å². The molecule has 18 heavy (non-hydrogen) atoms. The predicted molar refractivity (Wildman–Crippen MR) is 63.0 cm³/mol. The van der Waals surface area contributed by atoms with Gasteiger partial charge in [0.25, 0.3) is 0 Å². The molecular weight excluding hydrogens is 236 g/mol. The lowest BCUT2D eigenvalue weighted by atomic mass is 10.2. The summed E-state index contributed by atoms with van der Waals surface area (Å²) < 4.78 is 1.56. The van der Waals surface area contributed by atoms with Crippen molar-refractivity contribution in [2.75, 3.05) is 0 Å². The first-order valence-corrected chi connectivity index (χ1v) is 5.35. The molecule has 7 heteroatoms. The largest absolute Gasteiger partial charge is 0.478 e. The van der Waals surface area contributed by atoms with Crippen LogP contribution in [0.4, 0.5) is 0 Å². The van der Waals surface area contributed by atoms with E-state index in [4.69, 9.17) is 10.8 Å². The topological polar surface area (TPSA) is 111 Å². The lowest BCUT2D eigenvalue weighted by molar-refractivity contribution is -0.118. The van der Waals surface area contributed by atoms with Crippen LogP contribution >= 0.6 is 0 Å². The molecule has 94 valence electrons. The minimum absolute atomic E-state index is 0.150. The third kappa shape index (κ3) is 2.15. The third-order valence-electron chi connectivity index (χ3n) is 2.63. The Hall–Kier alpha value is -2.44. The van der Waals surface area contributed by atoms with Gasteiger partial charge in [-0.25, -0.2) is 9.48 Å². The average molecular weight is 248 g/mol. The summed E-state index contributed by atoms with van der Waals surface area (Å²) in [4.78, 5) is 21.7. The smallest absolute Gasteiger partial charge is 0.335 e. The summed E-state index contributed by atoms with van der Waals surface area (Å²) in [5.41, 5.74) is 6.43. The SMILES string of the molecule is CC(CC(N)=O)n1nnc2cc(C(=O)O)ccc21. The highest BCUT2D eigenvalue weighted by Crippen LogP contribution is 2.19. The second-order valence-corrected chi connectivity index (χ2v) is 4.06. The molecule has 0 saturated carbocycles. The Morgan fingerprint density at radius 1 is 1.50 bits per heavy atom. The number of benzene rings is 1. The molecule has 2 aromatic rings. The summed E-state index contributed by atoms with van der Waals surface area (Å²) in [6.45, 7) is 1.80. The molecule has 0 fully saturated rings. The number of primary amides is 1. The number of amides is 1. The highest BCUT2D eigenvalue weighted by Gasteiger charge is 2.14. The van der Waals surface area contributed by atoms with Crippen LogP contribution in [-0.2, 0) is 4.79 Å². The van der Waals surface area contributed by atoms with Crippen molar-refractivity contribution in [2.45, 2.75) is 19.4 Å².